The minimum Gasteiger partial charge on any atom is -0.440 e. The predicted molar refractivity (Wildman–Crippen MR) is 49.3 cm³/mol. The molecule has 0 amide bonds. The Morgan fingerprint density at radius 2 is 1.69 bits per heavy atom. The molecule has 0 unspecified atom stereocenters. The molecule has 1 aromatic heterocycles. The first-order valence-corrected chi connectivity index (χ1v) is 4.06. The maximum Gasteiger partial charge on any atom is 1.00 e. The van der Waals surface area contributed by atoms with Gasteiger partial charge in [-0.3, -0.25) is 0 Å². The van der Waals surface area contributed by atoms with Crippen molar-refractivity contribution in [3.63, 3.8) is 0 Å². The van der Waals surface area contributed by atoms with E-state index in [1.807, 2.05) is 6.92 Å². The molecular weight excluding hydrogens is 249 g/mol. The van der Waals surface area contributed by atoms with Gasteiger partial charge in [-0.15, -0.1) is 0 Å². The Labute approximate surface area is 90.5 Å². The monoisotopic (exact) mass is 261 g/mol. The van der Waals surface area contributed by atoms with Gasteiger partial charge in [0.2, 0.25) is 0 Å². The van der Waals surface area contributed by atoms with Crippen LogP contribution in [0.15, 0.2) is 12.1 Å². The summed E-state index contributed by atoms with van der Waals surface area (Å²) in [6.07, 6.45) is 0. The van der Waals surface area contributed by atoms with Crippen LogP contribution < -0.4 is 4.98 Å². The average molecular weight is 260 g/mol. The molecule has 0 aliphatic carbocycles. The summed E-state index contributed by atoms with van der Waals surface area (Å²) >= 11 is 0. The number of aryl methyl sites for hydroxylation is 3. The van der Waals surface area contributed by atoms with Crippen LogP contribution in [-0.2, 0) is 19.5 Å². The molecule has 0 aliphatic heterocycles. The summed E-state index contributed by atoms with van der Waals surface area (Å²) in [6, 6.07) is 4.18. The maximum atomic E-state index is 4.36. The summed E-state index contributed by atoms with van der Waals surface area (Å²) in [7, 11) is 0. The first kappa shape index (κ1) is 10.4. The third-order valence-electron chi connectivity index (χ3n) is 2.10. The summed E-state index contributed by atoms with van der Waals surface area (Å²) < 4.78 is 0. The number of aromatic nitrogens is 2. The predicted octanol–water partition coefficient (Wildman–Crippen LogP) is 2.11. The van der Waals surface area contributed by atoms with Crippen molar-refractivity contribution in [3.8, 4) is 0 Å². The normalized spacial score (nSPS) is 10.1. The Hall–Kier alpha value is -0.687. The van der Waals surface area contributed by atoms with Crippen molar-refractivity contribution in [2.24, 2.45) is 0 Å². The SMILES string of the molecule is Cc1nc2c(C)ccc(C)c2[n-]1.[Ru+]. The van der Waals surface area contributed by atoms with E-state index in [2.05, 4.69) is 35.9 Å². The van der Waals surface area contributed by atoms with Crippen molar-refractivity contribution in [2.45, 2.75) is 20.8 Å². The molecule has 1 heterocycles. The van der Waals surface area contributed by atoms with Crippen LogP contribution in [0.3, 0.4) is 0 Å². The fourth-order valence-electron chi connectivity index (χ4n) is 1.41. The molecule has 2 aromatic rings. The van der Waals surface area contributed by atoms with Crippen LogP contribution in [-0.4, -0.2) is 4.98 Å². The van der Waals surface area contributed by atoms with Crippen molar-refractivity contribution < 1.29 is 19.5 Å². The van der Waals surface area contributed by atoms with E-state index in [9.17, 15) is 0 Å². The van der Waals surface area contributed by atoms with E-state index >= 15 is 0 Å². The second kappa shape index (κ2) is 3.59. The van der Waals surface area contributed by atoms with Gasteiger partial charge in [-0.2, -0.15) is 0 Å². The van der Waals surface area contributed by atoms with Crippen LogP contribution >= 0.6 is 0 Å². The molecule has 0 spiro atoms. The molecule has 0 saturated heterocycles. The van der Waals surface area contributed by atoms with Gasteiger partial charge in [0.25, 0.3) is 0 Å². The van der Waals surface area contributed by atoms with Gasteiger partial charge < -0.3 is 9.97 Å². The minimum absolute atomic E-state index is 0. The largest absolute Gasteiger partial charge is 1.00 e. The van der Waals surface area contributed by atoms with Gasteiger partial charge in [-0.05, 0) is 42.9 Å². The third-order valence-corrected chi connectivity index (χ3v) is 2.10. The average Bonchev–Trinajstić information content (AvgIpc) is 2.41. The molecule has 1 aromatic carbocycles. The molecule has 0 aliphatic rings. The van der Waals surface area contributed by atoms with E-state index in [1.54, 1.807) is 0 Å². The second-order valence-electron chi connectivity index (χ2n) is 3.17. The van der Waals surface area contributed by atoms with Crippen molar-refractivity contribution in [2.75, 3.05) is 0 Å². The quantitative estimate of drug-likeness (QED) is 0.678. The molecule has 0 saturated carbocycles. The van der Waals surface area contributed by atoms with E-state index in [-0.39, 0.29) is 19.5 Å². The molecule has 3 heteroatoms. The molecule has 0 bridgehead atoms. The summed E-state index contributed by atoms with van der Waals surface area (Å²) in [5.74, 6) is 0.863. The van der Waals surface area contributed by atoms with Crippen molar-refractivity contribution in [3.05, 3.63) is 29.1 Å². The van der Waals surface area contributed by atoms with E-state index in [0.29, 0.717) is 0 Å². The van der Waals surface area contributed by atoms with Crippen molar-refractivity contribution in [1.29, 1.82) is 0 Å². The van der Waals surface area contributed by atoms with Gasteiger partial charge in [0, 0.05) is 0 Å². The zero-order valence-corrected chi connectivity index (χ0v) is 9.64. The van der Waals surface area contributed by atoms with E-state index in [1.165, 1.54) is 11.1 Å². The summed E-state index contributed by atoms with van der Waals surface area (Å²) in [6.45, 7) is 6.06. The van der Waals surface area contributed by atoms with Gasteiger partial charge in [-0.25, -0.2) is 0 Å². The van der Waals surface area contributed by atoms with Gasteiger partial charge in [0.05, 0.1) is 0 Å². The zero-order valence-electron chi connectivity index (χ0n) is 7.90. The molecule has 0 atom stereocenters. The molecule has 13 heavy (non-hydrogen) atoms. The van der Waals surface area contributed by atoms with Crippen LogP contribution in [0.5, 0.6) is 0 Å². The Morgan fingerprint density at radius 1 is 1.08 bits per heavy atom. The standard InChI is InChI=1S/C10H11N2.Ru/c1-6-4-5-7(2)10-9(6)11-8(3)12-10;/h4-5H,1-3H3;/q-1;+1. The molecule has 0 N–H and O–H groups in total. The van der Waals surface area contributed by atoms with Gasteiger partial charge in [-0.1, -0.05) is 18.0 Å². The number of hydrogen-bond donors (Lipinski definition) is 0. The number of benzene rings is 1. The smallest absolute Gasteiger partial charge is 0.440 e. The van der Waals surface area contributed by atoms with E-state index in [0.717, 1.165) is 16.9 Å². The number of rotatable bonds is 0. The Bertz CT molecular complexity index is 393. The third kappa shape index (κ3) is 1.66. The summed E-state index contributed by atoms with van der Waals surface area (Å²) in [4.78, 5) is 8.72. The number of nitrogens with zero attached hydrogens (tertiary/aromatic N) is 2. The summed E-state index contributed by atoms with van der Waals surface area (Å²) in [5, 5.41) is 0. The molecule has 0 fully saturated rings. The Balaban J connectivity index is 0.000000845. The van der Waals surface area contributed by atoms with Crippen LogP contribution in [0.25, 0.3) is 11.0 Å². The molecule has 2 rings (SSSR count). The first-order chi connectivity index (χ1) is 5.68. The minimum atomic E-state index is 0. The fourth-order valence-corrected chi connectivity index (χ4v) is 1.41. The first-order valence-electron chi connectivity index (χ1n) is 4.06. The van der Waals surface area contributed by atoms with Gasteiger partial charge >= 0.3 is 19.5 Å². The van der Waals surface area contributed by atoms with Crippen LogP contribution in [0.1, 0.15) is 17.0 Å². The fraction of sp³-hybridized carbons (Fsp3) is 0.300. The maximum absolute atomic E-state index is 4.36. The summed E-state index contributed by atoms with van der Waals surface area (Å²) in [5.41, 5.74) is 4.51. The van der Waals surface area contributed by atoms with Crippen LogP contribution in [0.2, 0.25) is 0 Å². The molecule has 2 nitrogen and oxygen atoms in total. The topological polar surface area (TPSA) is 27.0 Å². The van der Waals surface area contributed by atoms with Crippen molar-refractivity contribution >= 4 is 11.0 Å². The second-order valence-corrected chi connectivity index (χ2v) is 3.17. The molecular formula is C10H11N2Ru. The number of imidazole rings is 1. The number of fused-ring (bicyclic) bond motifs is 1. The van der Waals surface area contributed by atoms with Gasteiger partial charge in [0.1, 0.15) is 0 Å². The Kier molecular flexibility index (Phi) is 2.87. The van der Waals surface area contributed by atoms with E-state index < -0.39 is 0 Å². The van der Waals surface area contributed by atoms with E-state index in [4.69, 9.17) is 0 Å². The zero-order chi connectivity index (χ0) is 8.72. The van der Waals surface area contributed by atoms with Crippen LogP contribution in [0, 0.1) is 20.8 Å². The van der Waals surface area contributed by atoms with Gasteiger partial charge in [0.15, 0.2) is 0 Å². The molecule has 1 radical (unpaired) electrons. The molecule has 69 valence electrons. The Morgan fingerprint density at radius 3 is 2.31 bits per heavy atom. The van der Waals surface area contributed by atoms with Crippen molar-refractivity contribution in [1.82, 2.24) is 9.97 Å². The number of hydrogen-bond acceptors (Lipinski definition) is 1. The van der Waals surface area contributed by atoms with Crippen LogP contribution in [0.4, 0.5) is 0 Å².